The Morgan fingerprint density at radius 3 is 2.21 bits per heavy atom. The lowest BCUT2D eigenvalue weighted by Gasteiger charge is -2.36. The molecule has 0 bridgehead atoms. The molecule has 1 fully saturated rings. The van der Waals surface area contributed by atoms with Crippen LogP contribution in [0.4, 0.5) is 17.6 Å². The SMILES string of the molecule is COc1ccc(-c2nc(C(=O)N3CCN(C(=O)C(C)(C)F)CC3)c([C@H](C)N)o2)c2ccc(C(F)(F)F)nc12. The highest BCUT2D eigenvalue weighted by atomic mass is 19.4. The summed E-state index contributed by atoms with van der Waals surface area (Å²) in [6.45, 7) is 4.55. The fraction of sp³-hybridized carbons (Fsp3) is 0.440. The summed E-state index contributed by atoms with van der Waals surface area (Å²) in [6, 6.07) is 4.33. The zero-order valence-corrected chi connectivity index (χ0v) is 21.2. The zero-order valence-electron chi connectivity index (χ0n) is 21.2. The molecule has 1 saturated heterocycles. The van der Waals surface area contributed by atoms with Crippen LogP contribution < -0.4 is 10.5 Å². The first-order chi connectivity index (χ1) is 17.7. The number of methoxy groups -OCH3 is 1. The van der Waals surface area contributed by atoms with E-state index in [1.54, 1.807) is 13.0 Å². The summed E-state index contributed by atoms with van der Waals surface area (Å²) in [6.07, 6.45) is -4.66. The van der Waals surface area contributed by atoms with Gasteiger partial charge in [-0.05, 0) is 45.0 Å². The van der Waals surface area contributed by atoms with Gasteiger partial charge in [0.15, 0.2) is 17.1 Å². The Morgan fingerprint density at radius 1 is 1.03 bits per heavy atom. The molecule has 0 spiro atoms. The quantitative estimate of drug-likeness (QED) is 0.490. The molecule has 1 aromatic carbocycles. The Labute approximate surface area is 215 Å². The number of halogens is 4. The van der Waals surface area contributed by atoms with Crippen molar-refractivity contribution in [2.24, 2.45) is 5.73 Å². The number of hydrogen-bond acceptors (Lipinski definition) is 7. The molecule has 0 radical (unpaired) electrons. The van der Waals surface area contributed by atoms with Crippen LogP contribution in [0, 0.1) is 0 Å². The van der Waals surface area contributed by atoms with Crippen molar-refractivity contribution in [3.63, 3.8) is 0 Å². The van der Waals surface area contributed by atoms with Gasteiger partial charge in [-0.25, -0.2) is 14.4 Å². The monoisotopic (exact) mass is 537 g/mol. The molecule has 1 aliphatic rings. The number of pyridine rings is 1. The molecule has 9 nitrogen and oxygen atoms in total. The predicted octanol–water partition coefficient (Wildman–Crippen LogP) is 3.97. The van der Waals surface area contributed by atoms with Crippen LogP contribution in [0.2, 0.25) is 0 Å². The smallest absolute Gasteiger partial charge is 0.433 e. The lowest BCUT2D eigenvalue weighted by molar-refractivity contribution is -0.143. The number of alkyl halides is 4. The van der Waals surface area contributed by atoms with Gasteiger partial charge in [0.05, 0.1) is 13.2 Å². The van der Waals surface area contributed by atoms with E-state index < -0.39 is 35.4 Å². The normalized spacial score (nSPS) is 15.6. The number of nitrogens with zero attached hydrogens (tertiary/aromatic N) is 4. The molecular weight excluding hydrogens is 510 g/mol. The number of fused-ring (bicyclic) bond motifs is 1. The topological polar surface area (TPSA) is 115 Å². The van der Waals surface area contributed by atoms with Gasteiger partial charge in [-0.3, -0.25) is 9.59 Å². The minimum Gasteiger partial charge on any atom is -0.494 e. The maximum Gasteiger partial charge on any atom is 0.433 e. The Kier molecular flexibility index (Phi) is 7.08. The van der Waals surface area contributed by atoms with E-state index in [-0.39, 0.29) is 60.2 Å². The maximum absolute atomic E-state index is 14.1. The molecule has 1 atom stereocenters. The van der Waals surface area contributed by atoms with E-state index >= 15 is 0 Å². The van der Waals surface area contributed by atoms with Gasteiger partial charge < -0.3 is 24.7 Å². The minimum atomic E-state index is -4.66. The van der Waals surface area contributed by atoms with Crippen molar-refractivity contribution in [1.29, 1.82) is 0 Å². The molecule has 2 N–H and O–H groups in total. The molecule has 2 aromatic heterocycles. The molecule has 1 aliphatic heterocycles. The molecule has 204 valence electrons. The van der Waals surface area contributed by atoms with Crippen LogP contribution in [0.5, 0.6) is 5.75 Å². The highest BCUT2D eigenvalue weighted by Crippen LogP contribution is 2.37. The first-order valence-electron chi connectivity index (χ1n) is 11.8. The summed E-state index contributed by atoms with van der Waals surface area (Å²) in [7, 11) is 1.31. The summed E-state index contributed by atoms with van der Waals surface area (Å²) < 4.78 is 65.0. The summed E-state index contributed by atoms with van der Waals surface area (Å²) in [5.74, 6) is -0.957. The first kappa shape index (κ1) is 27.3. The van der Waals surface area contributed by atoms with E-state index in [1.165, 1.54) is 42.9 Å². The lowest BCUT2D eigenvalue weighted by atomic mass is 10.1. The number of amides is 2. The minimum absolute atomic E-state index is 0.0251. The third-order valence-electron chi connectivity index (χ3n) is 6.19. The number of piperazine rings is 1. The lowest BCUT2D eigenvalue weighted by Crippen LogP contribution is -2.54. The molecule has 0 saturated carbocycles. The van der Waals surface area contributed by atoms with Crippen molar-refractivity contribution >= 4 is 22.7 Å². The molecule has 4 rings (SSSR count). The highest BCUT2D eigenvalue weighted by Gasteiger charge is 2.36. The number of carbonyl (C=O) groups excluding carboxylic acids is 2. The van der Waals surface area contributed by atoms with Gasteiger partial charge in [0.1, 0.15) is 17.0 Å². The Hall–Kier alpha value is -3.74. The fourth-order valence-electron chi connectivity index (χ4n) is 4.25. The van der Waals surface area contributed by atoms with Crippen molar-refractivity contribution in [3.05, 3.63) is 41.4 Å². The van der Waals surface area contributed by atoms with Crippen molar-refractivity contribution in [2.45, 2.75) is 38.7 Å². The number of benzene rings is 1. The second kappa shape index (κ2) is 9.86. The van der Waals surface area contributed by atoms with Crippen molar-refractivity contribution < 1.29 is 36.3 Å². The summed E-state index contributed by atoms with van der Waals surface area (Å²) in [4.78, 5) is 36.5. The van der Waals surface area contributed by atoms with Crippen LogP contribution in [-0.2, 0) is 11.0 Å². The standard InChI is InChI=1S/C25H27F4N5O4/c1-13(30)20-19(22(35)33-9-11-34(12-10-33)23(36)24(2,3)26)32-21(38-20)15-5-7-16(37-4)18-14(15)6-8-17(31-18)25(27,28)29/h5-8,13H,9-12,30H2,1-4H3/t13-/m0/s1. The number of ether oxygens (including phenoxy) is 1. The van der Waals surface area contributed by atoms with Crippen LogP contribution in [0.15, 0.2) is 28.7 Å². The van der Waals surface area contributed by atoms with Crippen LogP contribution in [0.25, 0.3) is 22.4 Å². The molecule has 0 unspecified atom stereocenters. The number of hydrogen-bond donors (Lipinski definition) is 1. The van der Waals surface area contributed by atoms with E-state index in [4.69, 9.17) is 14.9 Å². The Balaban J connectivity index is 1.69. The fourth-order valence-corrected chi connectivity index (χ4v) is 4.25. The molecular formula is C25H27F4N5O4. The molecule has 13 heteroatoms. The van der Waals surface area contributed by atoms with Crippen LogP contribution in [0.3, 0.4) is 0 Å². The molecule has 3 heterocycles. The second-order valence-corrected chi connectivity index (χ2v) is 9.48. The van der Waals surface area contributed by atoms with Gasteiger partial charge in [-0.1, -0.05) is 0 Å². The van der Waals surface area contributed by atoms with Crippen LogP contribution in [0.1, 0.15) is 48.8 Å². The number of aromatic nitrogens is 2. The zero-order chi connectivity index (χ0) is 28.0. The van der Waals surface area contributed by atoms with Crippen molar-refractivity contribution in [3.8, 4) is 17.2 Å². The number of oxazole rings is 1. The van der Waals surface area contributed by atoms with Crippen molar-refractivity contribution in [2.75, 3.05) is 33.3 Å². The van der Waals surface area contributed by atoms with E-state index in [0.29, 0.717) is 5.56 Å². The van der Waals surface area contributed by atoms with Gasteiger partial charge in [0, 0.05) is 37.1 Å². The van der Waals surface area contributed by atoms with Gasteiger partial charge in [0.25, 0.3) is 11.8 Å². The number of nitrogens with two attached hydrogens (primary N) is 1. The van der Waals surface area contributed by atoms with Crippen LogP contribution >= 0.6 is 0 Å². The summed E-state index contributed by atoms with van der Waals surface area (Å²) in [5, 5.41) is 0.273. The van der Waals surface area contributed by atoms with Gasteiger partial charge >= 0.3 is 6.18 Å². The molecule has 2 amide bonds. The number of carbonyl (C=O) groups is 2. The molecule has 38 heavy (non-hydrogen) atoms. The van der Waals surface area contributed by atoms with Gasteiger partial charge in [-0.2, -0.15) is 13.2 Å². The van der Waals surface area contributed by atoms with E-state index in [9.17, 15) is 27.2 Å². The third kappa shape index (κ3) is 5.15. The first-order valence-corrected chi connectivity index (χ1v) is 11.8. The third-order valence-corrected chi connectivity index (χ3v) is 6.19. The second-order valence-electron chi connectivity index (χ2n) is 9.48. The summed E-state index contributed by atoms with van der Waals surface area (Å²) in [5.41, 5.74) is 3.13. The van der Waals surface area contributed by atoms with Gasteiger partial charge in [-0.15, -0.1) is 0 Å². The van der Waals surface area contributed by atoms with E-state index in [0.717, 1.165) is 6.07 Å². The molecule has 0 aliphatic carbocycles. The maximum atomic E-state index is 14.1. The Bertz CT molecular complexity index is 1370. The number of rotatable bonds is 5. The average molecular weight is 538 g/mol. The van der Waals surface area contributed by atoms with Crippen molar-refractivity contribution in [1.82, 2.24) is 19.8 Å². The average Bonchev–Trinajstić information content (AvgIpc) is 3.31. The van der Waals surface area contributed by atoms with Crippen LogP contribution in [-0.4, -0.2) is 70.5 Å². The van der Waals surface area contributed by atoms with E-state index in [1.807, 2.05) is 0 Å². The van der Waals surface area contributed by atoms with Gasteiger partial charge in [0.2, 0.25) is 5.89 Å². The molecule has 3 aromatic rings. The predicted molar refractivity (Wildman–Crippen MR) is 129 cm³/mol. The van der Waals surface area contributed by atoms with E-state index in [2.05, 4.69) is 9.97 Å². The largest absolute Gasteiger partial charge is 0.494 e. The Morgan fingerprint density at radius 2 is 1.66 bits per heavy atom. The highest BCUT2D eigenvalue weighted by molar-refractivity contribution is 5.98. The summed E-state index contributed by atoms with van der Waals surface area (Å²) >= 11 is 0.